The molecule has 0 saturated heterocycles. The summed E-state index contributed by atoms with van der Waals surface area (Å²) in [4.78, 5) is 12.1. The van der Waals surface area contributed by atoms with Crippen LogP contribution in [0.3, 0.4) is 0 Å². The molecule has 0 saturated carbocycles. The highest BCUT2D eigenvalue weighted by atomic mass is 19.4. The Morgan fingerprint density at radius 3 is 2.79 bits per heavy atom. The number of halogens is 3. The van der Waals surface area contributed by atoms with Gasteiger partial charge in [-0.1, -0.05) is 6.07 Å². The van der Waals surface area contributed by atoms with Gasteiger partial charge in [0.05, 0.1) is 0 Å². The Morgan fingerprint density at radius 2 is 2.08 bits per heavy atom. The van der Waals surface area contributed by atoms with Gasteiger partial charge in [-0.3, -0.25) is 0 Å². The molecule has 0 fully saturated rings. The van der Waals surface area contributed by atoms with E-state index in [1.54, 1.807) is 10.6 Å². The number of aryl methyl sites for hydroxylation is 1. The molecular formula is C14H13F3N6O. The van der Waals surface area contributed by atoms with Crippen molar-refractivity contribution < 1.29 is 17.9 Å². The third kappa shape index (κ3) is 3.89. The van der Waals surface area contributed by atoms with Gasteiger partial charge in [0.25, 0.3) is 5.78 Å². The maximum Gasteiger partial charge on any atom is 0.422 e. The number of alkyl halides is 3. The van der Waals surface area contributed by atoms with E-state index >= 15 is 0 Å². The maximum atomic E-state index is 12.1. The predicted molar refractivity (Wildman–Crippen MR) is 78.6 cm³/mol. The first kappa shape index (κ1) is 16.0. The number of ether oxygens (including phenoxy) is 1. The first-order chi connectivity index (χ1) is 11.4. The zero-order valence-corrected chi connectivity index (χ0v) is 12.6. The van der Waals surface area contributed by atoms with Gasteiger partial charge in [0, 0.05) is 30.6 Å². The molecule has 0 unspecified atom stereocenters. The van der Waals surface area contributed by atoms with Crippen LogP contribution in [-0.2, 0) is 6.54 Å². The van der Waals surface area contributed by atoms with Crippen LogP contribution in [0.1, 0.15) is 11.3 Å². The van der Waals surface area contributed by atoms with E-state index in [0.717, 1.165) is 11.3 Å². The molecule has 0 amide bonds. The van der Waals surface area contributed by atoms with Gasteiger partial charge in [0.1, 0.15) is 12.1 Å². The van der Waals surface area contributed by atoms with Crippen molar-refractivity contribution in [2.75, 3.05) is 11.9 Å². The molecule has 0 aromatic carbocycles. The Balaban J connectivity index is 1.65. The number of anilines is 1. The number of aromatic nitrogens is 5. The summed E-state index contributed by atoms with van der Waals surface area (Å²) in [7, 11) is 0. The molecule has 126 valence electrons. The minimum atomic E-state index is -4.38. The van der Waals surface area contributed by atoms with Crippen molar-refractivity contribution >= 4 is 11.6 Å². The molecule has 3 aromatic heterocycles. The monoisotopic (exact) mass is 338 g/mol. The number of rotatable bonds is 5. The van der Waals surface area contributed by atoms with Gasteiger partial charge in [0.2, 0.25) is 5.88 Å². The molecule has 0 aliphatic rings. The normalized spacial score (nSPS) is 11.7. The molecule has 0 spiro atoms. The molecule has 0 aliphatic heterocycles. The number of hydrogen-bond donors (Lipinski definition) is 1. The van der Waals surface area contributed by atoms with Crippen molar-refractivity contribution in [3.8, 4) is 5.88 Å². The fourth-order valence-corrected chi connectivity index (χ4v) is 2.01. The molecule has 10 heteroatoms. The van der Waals surface area contributed by atoms with Gasteiger partial charge in [-0.25, -0.2) is 9.97 Å². The summed E-state index contributed by atoms with van der Waals surface area (Å²) in [5.74, 6) is 1.11. The summed E-state index contributed by atoms with van der Waals surface area (Å²) >= 11 is 0. The Morgan fingerprint density at radius 1 is 1.25 bits per heavy atom. The second-order valence-corrected chi connectivity index (χ2v) is 5.02. The highest BCUT2D eigenvalue weighted by Crippen LogP contribution is 2.17. The van der Waals surface area contributed by atoms with E-state index in [1.807, 2.05) is 13.0 Å². The molecule has 3 heterocycles. The fraction of sp³-hybridized carbons (Fsp3) is 0.286. The number of nitrogens with zero attached hydrogens (tertiary/aromatic N) is 5. The van der Waals surface area contributed by atoms with Crippen LogP contribution in [-0.4, -0.2) is 37.3 Å². The number of nitrogens with one attached hydrogen (secondary N) is 1. The smallest absolute Gasteiger partial charge is 0.422 e. The van der Waals surface area contributed by atoms with E-state index < -0.39 is 12.8 Å². The van der Waals surface area contributed by atoms with Crippen molar-refractivity contribution in [1.29, 1.82) is 0 Å². The largest absolute Gasteiger partial charge is 0.468 e. The third-order valence-electron chi connectivity index (χ3n) is 3.03. The number of pyridine rings is 1. The number of hydrogen-bond acceptors (Lipinski definition) is 6. The van der Waals surface area contributed by atoms with Crippen LogP contribution in [0.15, 0.2) is 30.7 Å². The lowest BCUT2D eigenvalue weighted by atomic mass is 10.3. The Labute approximate surface area is 134 Å². The molecular weight excluding hydrogens is 325 g/mol. The van der Waals surface area contributed by atoms with Crippen molar-refractivity contribution in [3.05, 3.63) is 42.0 Å². The summed E-state index contributed by atoms with van der Waals surface area (Å²) < 4.78 is 42.4. The van der Waals surface area contributed by atoms with Crippen LogP contribution in [0.5, 0.6) is 5.88 Å². The third-order valence-corrected chi connectivity index (χ3v) is 3.03. The van der Waals surface area contributed by atoms with Crippen LogP contribution in [0.2, 0.25) is 0 Å². The van der Waals surface area contributed by atoms with E-state index in [0.29, 0.717) is 18.1 Å². The van der Waals surface area contributed by atoms with Gasteiger partial charge in [-0.15, -0.1) is 0 Å². The predicted octanol–water partition coefficient (Wildman–Crippen LogP) is 2.38. The summed E-state index contributed by atoms with van der Waals surface area (Å²) in [5.41, 5.74) is 1.56. The molecule has 0 aliphatic carbocycles. The first-order valence-corrected chi connectivity index (χ1v) is 6.96. The molecule has 3 rings (SSSR count). The van der Waals surface area contributed by atoms with E-state index in [9.17, 15) is 13.2 Å². The standard InChI is InChI=1S/C14H13F3N6O/c1-9-4-11(23-13(22-9)20-8-21-23)18-5-10-2-3-12(19-6-10)24-7-14(15,16)17/h2-4,6,8,18H,5,7H2,1H3. The summed E-state index contributed by atoms with van der Waals surface area (Å²) in [6.45, 7) is 0.886. The second-order valence-electron chi connectivity index (χ2n) is 5.02. The van der Waals surface area contributed by atoms with E-state index in [2.05, 4.69) is 30.1 Å². The molecule has 1 N–H and O–H groups in total. The lowest BCUT2D eigenvalue weighted by Crippen LogP contribution is -2.19. The molecule has 3 aromatic rings. The van der Waals surface area contributed by atoms with Crippen molar-refractivity contribution in [3.63, 3.8) is 0 Å². The van der Waals surface area contributed by atoms with E-state index in [-0.39, 0.29) is 5.88 Å². The van der Waals surface area contributed by atoms with Gasteiger partial charge in [-0.2, -0.15) is 27.8 Å². The Bertz CT molecular complexity index is 831. The van der Waals surface area contributed by atoms with Crippen LogP contribution in [0.25, 0.3) is 5.78 Å². The van der Waals surface area contributed by atoms with Crippen molar-refractivity contribution in [1.82, 2.24) is 24.6 Å². The van der Waals surface area contributed by atoms with Gasteiger partial charge < -0.3 is 10.1 Å². The molecule has 7 nitrogen and oxygen atoms in total. The first-order valence-electron chi connectivity index (χ1n) is 6.96. The van der Waals surface area contributed by atoms with Crippen molar-refractivity contribution in [2.45, 2.75) is 19.6 Å². The highest BCUT2D eigenvalue weighted by molar-refractivity contribution is 5.45. The average molecular weight is 338 g/mol. The quantitative estimate of drug-likeness (QED) is 0.770. The van der Waals surface area contributed by atoms with Crippen molar-refractivity contribution in [2.24, 2.45) is 0 Å². The van der Waals surface area contributed by atoms with E-state index in [1.165, 1.54) is 18.6 Å². The minimum absolute atomic E-state index is 0.0745. The Hall–Kier alpha value is -2.91. The zero-order chi connectivity index (χ0) is 17.2. The minimum Gasteiger partial charge on any atom is -0.468 e. The average Bonchev–Trinajstić information content (AvgIpc) is 2.99. The summed E-state index contributed by atoms with van der Waals surface area (Å²) in [5, 5.41) is 7.24. The topological polar surface area (TPSA) is 77.2 Å². The highest BCUT2D eigenvalue weighted by Gasteiger charge is 2.28. The molecule has 0 bridgehead atoms. The van der Waals surface area contributed by atoms with Crippen LogP contribution in [0, 0.1) is 6.92 Å². The maximum absolute atomic E-state index is 12.1. The van der Waals surface area contributed by atoms with Gasteiger partial charge in [-0.05, 0) is 12.5 Å². The van der Waals surface area contributed by atoms with Crippen LogP contribution < -0.4 is 10.1 Å². The van der Waals surface area contributed by atoms with Gasteiger partial charge in [0.15, 0.2) is 6.61 Å². The van der Waals surface area contributed by atoms with E-state index in [4.69, 9.17) is 0 Å². The second kappa shape index (κ2) is 6.30. The number of fused-ring (bicyclic) bond motifs is 1. The zero-order valence-electron chi connectivity index (χ0n) is 12.6. The molecule has 0 atom stereocenters. The lowest BCUT2D eigenvalue weighted by molar-refractivity contribution is -0.154. The van der Waals surface area contributed by atoms with Crippen LogP contribution >= 0.6 is 0 Å². The Kier molecular flexibility index (Phi) is 4.19. The van der Waals surface area contributed by atoms with Crippen LogP contribution in [0.4, 0.5) is 19.0 Å². The van der Waals surface area contributed by atoms with Gasteiger partial charge >= 0.3 is 6.18 Å². The molecule has 0 radical (unpaired) electrons. The fourth-order valence-electron chi connectivity index (χ4n) is 2.01. The molecule has 24 heavy (non-hydrogen) atoms. The summed E-state index contributed by atoms with van der Waals surface area (Å²) in [6, 6.07) is 4.85. The summed E-state index contributed by atoms with van der Waals surface area (Å²) in [6.07, 6.45) is -1.53. The SMILES string of the molecule is Cc1cc(NCc2ccc(OCC(F)(F)F)nc2)n2ncnc2n1. The lowest BCUT2D eigenvalue weighted by Gasteiger charge is -2.10.